The Balaban J connectivity index is 2.90. The van der Waals surface area contributed by atoms with Crippen molar-refractivity contribution in [3.05, 3.63) is 44.8 Å². The second-order valence-electron chi connectivity index (χ2n) is 2.92. The Bertz CT molecular complexity index is 506. The molecule has 0 aliphatic rings. The van der Waals surface area contributed by atoms with E-state index < -0.39 is 0 Å². The van der Waals surface area contributed by atoms with Gasteiger partial charge in [-0.25, -0.2) is 0 Å². The lowest BCUT2D eigenvalue weighted by Gasteiger charge is -2.04. The zero-order valence-electron chi connectivity index (χ0n) is 7.13. The second kappa shape index (κ2) is 3.83. The smallest absolute Gasteiger partial charge is 0.151 e. The highest BCUT2D eigenvalue weighted by Crippen LogP contribution is 2.31. The van der Waals surface area contributed by atoms with E-state index in [1.54, 1.807) is 0 Å². The monoisotopic (exact) mass is 312 g/mol. The number of fused-ring (bicyclic) bond motifs is 1. The molecule has 0 saturated heterocycles. The van der Waals surface area contributed by atoms with E-state index in [9.17, 15) is 4.79 Å². The normalized spacial score (nSPS) is 10.4. The Morgan fingerprint density at radius 1 is 1.00 bits per heavy atom. The number of carbonyl (C=O) groups is 1. The molecule has 0 unspecified atom stereocenters. The van der Waals surface area contributed by atoms with Crippen LogP contribution in [0.15, 0.2) is 39.3 Å². The van der Waals surface area contributed by atoms with E-state index in [1.165, 1.54) is 0 Å². The number of rotatable bonds is 1. The maximum atomic E-state index is 10.7. The molecule has 0 N–H and O–H groups in total. The Labute approximate surface area is 98.4 Å². The Morgan fingerprint density at radius 3 is 2.50 bits per heavy atom. The van der Waals surface area contributed by atoms with Crippen LogP contribution in [0.4, 0.5) is 0 Å². The molecule has 0 amide bonds. The molecule has 0 aliphatic carbocycles. The average molecular weight is 314 g/mol. The molecule has 0 atom stereocenters. The van der Waals surface area contributed by atoms with E-state index in [1.807, 2.05) is 30.3 Å². The quantitative estimate of drug-likeness (QED) is 0.722. The summed E-state index contributed by atoms with van der Waals surface area (Å²) in [6.07, 6.45) is 0.852. The minimum atomic E-state index is 0.676. The van der Waals surface area contributed by atoms with Crippen molar-refractivity contribution < 1.29 is 4.79 Å². The van der Waals surface area contributed by atoms with Crippen LogP contribution in [0.25, 0.3) is 10.8 Å². The summed E-state index contributed by atoms with van der Waals surface area (Å²) in [5.74, 6) is 0. The van der Waals surface area contributed by atoms with Gasteiger partial charge in [0, 0.05) is 14.5 Å². The Hall–Kier alpha value is -0.670. The fraction of sp³-hybridized carbons (Fsp3) is 0. The van der Waals surface area contributed by atoms with Crippen molar-refractivity contribution in [2.75, 3.05) is 0 Å². The number of carbonyl (C=O) groups excluding carboxylic acids is 1. The summed E-state index contributed by atoms with van der Waals surface area (Å²) in [7, 11) is 0. The minimum Gasteiger partial charge on any atom is -0.298 e. The fourth-order valence-electron chi connectivity index (χ4n) is 1.39. The number of hydrogen-bond acceptors (Lipinski definition) is 1. The van der Waals surface area contributed by atoms with Crippen molar-refractivity contribution in [3.8, 4) is 0 Å². The molecular formula is C11H6Br2O. The highest BCUT2D eigenvalue weighted by molar-refractivity contribution is 9.11. The first-order valence-electron chi connectivity index (χ1n) is 4.06. The van der Waals surface area contributed by atoms with Crippen LogP contribution in [-0.2, 0) is 0 Å². The van der Waals surface area contributed by atoms with Crippen LogP contribution in [0.3, 0.4) is 0 Å². The third-order valence-corrected chi connectivity index (χ3v) is 3.68. The van der Waals surface area contributed by atoms with Crippen LogP contribution in [0.1, 0.15) is 10.4 Å². The van der Waals surface area contributed by atoms with Crippen LogP contribution in [0.2, 0.25) is 0 Å². The summed E-state index contributed by atoms with van der Waals surface area (Å²) >= 11 is 6.89. The van der Waals surface area contributed by atoms with Gasteiger partial charge in [0.25, 0.3) is 0 Å². The highest BCUT2D eigenvalue weighted by Gasteiger charge is 2.05. The molecule has 2 rings (SSSR count). The zero-order valence-corrected chi connectivity index (χ0v) is 10.3. The van der Waals surface area contributed by atoms with E-state index in [4.69, 9.17) is 0 Å². The first-order valence-corrected chi connectivity index (χ1v) is 5.64. The summed E-state index contributed by atoms with van der Waals surface area (Å²) in [4.78, 5) is 10.7. The Morgan fingerprint density at radius 2 is 1.79 bits per heavy atom. The first kappa shape index (κ1) is 9.87. The molecule has 0 aliphatic heterocycles. The molecule has 0 heterocycles. The molecule has 14 heavy (non-hydrogen) atoms. The van der Waals surface area contributed by atoms with Gasteiger partial charge in [-0.3, -0.25) is 4.79 Å². The van der Waals surface area contributed by atoms with Crippen LogP contribution >= 0.6 is 31.9 Å². The maximum Gasteiger partial charge on any atom is 0.151 e. The van der Waals surface area contributed by atoms with Gasteiger partial charge in [0.05, 0.1) is 0 Å². The van der Waals surface area contributed by atoms with Crippen LogP contribution in [0.5, 0.6) is 0 Å². The second-order valence-corrected chi connectivity index (χ2v) is 4.57. The van der Waals surface area contributed by atoms with Crippen molar-refractivity contribution in [2.45, 2.75) is 0 Å². The van der Waals surface area contributed by atoms with Crippen molar-refractivity contribution in [3.63, 3.8) is 0 Å². The van der Waals surface area contributed by atoms with Crippen molar-refractivity contribution in [1.82, 2.24) is 0 Å². The van der Waals surface area contributed by atoms with E-state index in [2.05, 4.69) is 31.9 Å². The number of benzene rings is 2. The summed E-state index contributed by atoms with van der Waals surface area (Å²) in [5, 5.41) is 2.15. The van der Waals surface area contributed by atoms with Gasteiger partial charge in [0.2, 0.25) is 0 Å². The third-order valence-electron chi connectivity index (χ3n) is 2.10. The standard InChI is InChI=1S/C11H6Br2O/c12-10-3-1-2-9-8(10)5-4-7(6-14)11(9)13/h1-6H. The summed E-state index contributed by atoms with van der Waals surface area (Å²) in [5.41, 5.74) is 0.676. The molecule has 0 bridgehead atoms. The largest absolute Gasteiger partial charge is 0.298 e. The van der Waals surface area contributed by atoms with Gasteiger partial charge in [-0.1, -0.05) is 34.1 Å². The molecular weight excluding hydrogens is 308 g/mol. The average Bonchev–Trinajstić information content (AvgIpc) is 2.20. The number of aldehydes is 1. The lowest BCUT2D eigenvalue weighted by molar-refractivity contribution is 0.112. The highest BCUT2D eigenvalue weighted by atomic mass is 79.9. The molecule has 0 spiro atoms. The van der Waals surface area contributed by atoms with Gasteiger partial charge in [0.1, 0.15) is 0 Å². The molecule has 0 aromatic heterocycles. The van der Waals surface area contributed by atoms with Gasteiger partial charge in [-0.15, -0.1) is 0 Å². The van der Waals surface area contributed by atoms with E-state index in [-0.39, 0.29) is 0 Å². The van der Waals surface area contributed by atoms with E-state index in [0.29, 0.717) is 5.56 Å². The number of hydrogen-bond donors (Lipinski definition) is 0. The molecule has 0 saturated carbocycles. The Kier molecular flexibility index (Phi) is 2.70. The summed E-state index contributed by atoms with van der Waals surface area (Å²) < 4.78 is 1.89. The predicted molar refractivity (Wildman–Crippen MR) is 64.7 cm³/mol. The zero-order chi connectivity index (χ0) is 10.1. The third kappa shape index (κ3) is 1.51. The number of halogens is 2. The maximum absolute atomic E-state index is 10.7. The van der Waals surface area contributed by atoms with Crippen molar-refractivity contribution >= 4 is 48.9 Å². The fourth-order valence-corrected chi connectivity index (χ4v) is 2.46. The lowest BCUT2D eigenvalue weighted by Crippen LogP contribution is -1.84. The molecule has 2 aromatic carbocycles. The molecule has 70 valence electrons. The molecule has 2 aromatic rings. The van der Waals surface area contributed by atoms with Gasteiger partial charge in [-0.2, -0.15) is 0 Å². The topological polar surface area (TPSA) is 17.1 Å². The summed E-state index contributed by atoms with van der Waals surface area (Å²) in [6, 6.07) is 9.66. The van der Waals surface area contributed by atoms with E-state index in [0.717, 1.165) is 26.0 Å². The van der Waals surface area contributed by atoms with Crippen LogP contribution in [0, 0.1) is 0 Å². The molecule has 0 radical (unpaired) electrons. The van der Waals surface area contributed by atoms with Gasteiger partial charge in [0.15, 0.2) is 6.29 Å². The summed E-state index contributed by atoms with van der Waals surface area (Å²) in [6.45, 7) is 0. The van der Waals surface area contributed by atoms with Crippen LogP contribution in [-0.4, -0.2) is 6.29 Å². The van der Waals surface area contributed by atoms with Gasteiger partial charge >= 0.3 is 0 Å². The lowest BCUT2D eigenvalue weighted by atomic mass is 10.1. The van der Waals surface area contributed by atoms with Crippen molar-refractivity contribution in [1.29, 1.82) is 0 Å². The molecule has 1 nitrogen and oxygen atoms in total. The SMILES string of the molecule is O=Cc1ccc2c(Br)cccc2c1Br. The van der Waals surface area contributed by atoms with Crippen molar-refractivity contribution in [2.24, 2.45) is 0 Å². The molecule has 0 fully saturated rings. The van der Waals surface area contributed by atoms with E-state index >= 15 is 0 Å². The van der Waals surface area contributed by atoms with Crippen LogP contribution < -0.4 is 0 Å². The predicted octanol–water partition coefficient (Wildman–Crippen LogP) is 4.18. The minimum absolute atomic E-state index is 0.676. The first-order chi connectivity index (χ1) is 6.74. The molecule has 3 heteroatoms. The van der Waals surface area contributed by atoms with Gasteiger partial charge < -0.3 is 0 Å². The van der Waals surface area contributed by atoms with Gasteiger partial charge in [-0.05, 0) is 38.8 Å².